The van der Waals surface area contributed by atoms with E-state index in [1.165, 1.54) is 0 Å². The van der Waals surface area contributed by atoms with Crippen molar-refractivity contribution < 1.29 is 9.15 Å². The Morgan fingerprint density at radius 3 is 2.92 bits per heavy atom. The molecule has 5 heteroatoms. The molecule has 126 valence electrons. The van der Waals surface area contributed by atoms with E-state index in [1.54, 1.807) is 12.3 Å². The topological polar surface area (TPSA) is 71.1 Å². The summed E-state index contributed by atoms with van der Waals surface area (Å²) in [6.45, 7) is 2.48. The molecule has 0 spiro atoms. The van der Waals surface area contributed by atoms with Gasteiger partial charge in [-0.2, -0.15) is 5.26 Å². The first-order chi connectivity index (χ1) is 12.3. The number of pyridine rings is 1. The van der Waals surface area contributed by atoms with Gasteiger partial charge in [0.05, 0.1) is 11.8 Å². The van der Waals surface area contributed by atoms with Gasteiger partial charge in [0.15, 0.2) is 5.58 Å². The zero-order valence-corrected chi connectivity index (χ0v) is 13.9. The van der Waals surface area contributed by atoms with E-state index in [1.807, 2.05) is 24.3 Å². The molecule has 3 aromatic rings. The minimum absolute atomic E-state index is 0.393. The summed E-state index contributed by atoms with van der Waals surface area (Å²) in [5.41, 5.74) is 3.24. The highest BCUT2D eigenvalue weighted by Gasteiger charge is 2.17. The number of nitrogens with zero attached hydrogens (tertiary/aromatic N) is 2. The number of piperidine rings is 1. The fraction of sp³-hybridized carbons (Fsp3) is 0.300. The zero-order valence-electron chi connectivity index (χ0n) is 13.9. The Hall–Kier alpha value is -2.84. The van der Waals surface area contributed by atoms with Crippen molar-refractivity contribution in [1.82, 2.24) is 10.3 Å². The predicted molar refractivity (Wildman–Crippen MR) is 94.3 cm³/mol. The van der Waals surface area contributed by atoms with Crippen LogP contribution in [0.5, 0.6) is 5.88 Å². The van der Waals surface area contributed by atoms with E-state index in [0.29, 0.717) is 29.6 Å². The third kappa shape index (κ3) is 3.21. The smallest absolute Gasteiger partial charge is 0.213 e. The number of hydrogen-bond acceptors (Lipinski definition) is 5. The molecule has 1 N–H and O–H groups in total. The van der Waals surface area contributed by atoms with Gasteiger partial charge in [-0.15, -0.1) is 0 Å². The van der Waals surface area contributed by atoms with Gasteiger partial charge in [-0.25, -0.2) is 4.98 Å². The van der Waals surface area contributed by atoms with E-state index >= 15 is 0 Å². The fourth-order valence-electron chi connectivity index (χ4n) is 3.34. The third-order valence-corrected chi connectivity index (χ3v) is 4.71. The molecule has 1 aliphatic heterocycles. The molecule has 25 heavy (non-hydrogen) atoms. The number of fused-ring (bicyclic) bond motifs is 1. The van der Waals surface area contributed by atoms with Gasteiger partial charge in [0.25, 0.3) is 0 Å². The van der Waals surface area contributed by atoms with Crippen LogP contribution >= 0.6 is 0 Å². The van der Waals surface area contributed by atoms with Crippen molar-refractivity contribution in [2.75, 3.05) is 13.1 Å². The minimum atomic E-state index is 0.393. The number of furan rings is 1. The molecule has 0 bridgehead atoms. The predicted octanol–water partition coefficient (Wildman–Crippen LogP) is 3.75. The normalized spacial score (nSPS) is 15.2. The summed E-state index contributed by atoms with van der Waals surface area (Å²) in [7, 11) is 0. The van der Waals surface area contributed by atoms with Crippen LogP contribution in [0, 0.1) is 11.3 Å². The van der Waals surface area contributed by atoms with Crippen molar-refractivity contribution in [2.24, 2.45) is 0 Å². The monoisotopic (exact) mass is 333 g/mol. The Morgan fingerprint density at radius 1 is 1.20 bits per heavy atom. The minimum Gasteiger partial charge on any atom is -0.473 e. The molecule has 3 heterocycles. The summed E-state index contributed by atoms with van der Waals surface area (Å²) in [6, 6.07) is 13.7. The Morgan fingerprint density at radius 2 is 2.08 bits per heavy atom. The lowest BCUT2D eigenvalue weighted by Gasteiger charge is -2.22. The van der Waals surface area contributed by atoms with Crippen LogP contribution in [-0.4, -0.2) is 18.1 Å². The van der Waals surface area contributed by atoms with Gasteiger partial charge in [0.1, 0.15) is 12.7 Å². The second-order valence-electron chi connectivity index (χ2n) is 6.26. The molecule has 1 saturated heterocycles. The summed E-state index contributed by atoms with van der Waals surface area (Å²) in [5, 5.41) is 13.4. The van der Waals surface area contributed by atoms with Crippen LogP contribution in [0.2, 0.25) is 0 Å². The highest BCUT2D eigenvalue weighted by molar-refractivity contribution is 5.85. The van der Waals surface area contributed by atoms with Crippen LogP contribution in [-0.2, 0) is 6.61 Å². The first-order valence-electron chi connectivity index (χ1n) is 8.55. The van der Waals surface area contributed by atoms with Crippen molar-refractivity contribution >= 4 is 11.0 Å². The van der Waals surface area contributed by atoms with Crippen molar-refractivity contribution in [3.63, 3.8) is 0 Å². The molecule has 1 aliphatic rings. The van der Waals surface area contributed by atoms with Crippen LogP contribution in [0.25, 0.3) is 11.0 Å². The van der Waals surface area contributed by atoms with Gasteiger partial charge < -0.3 is 14.5 Å². The molecular weight excluding hydrogens is 314 g/mol. The Bertz CT molecular complexity index is 920. The number of benzene rings is 1. The summed E-state index contributed by atoms with van der Waals surface area (Å²) in [6.07, 6.45) is 3.83. The van der Waals surface area contributed by atoms with Gasteiger partial charge >= 0.3 is 0 Å². The summed E-state index contributed by atoms with van der Waals surface area (Å²) >= 11 is 0. The maximum atomic E-state index is 9.15. The Labute approximate surface area is 146 Å². The van der Waals surface area contributed by atoms with Crippen molar-refractivity contribution in [2.45, 2.75) is 25.4 Å². The molecule has 0 saturated carbocycles. The van der Waals surface area contributed by atoms with E-state index in [-0.39, 0.29) is 0 Å². The molecule has 1 aromatic carbocycles. The SMILES string of the molecule is N#Cc1ccc(COc2cccc(C3CCNCC3)n2)c2ccoc12. The van der Waals surface area contributed by atoms with Crippen molar-refractivity contribution in [3.8, 4) is 11.9 Å². The highest BCUT2D eigenvalue weighted by Crippen LogP contribution is 2.27. The lowest BCUT2D eigenvalue weighted by atomic mass is 9.94. The molecule has 1 fully saturated rings. The second kappa shape index (κ2) is 6.96. The van der Waals surface area contributed by atoms with Gasteiger partial charge in [0.2, 0.25) is 5.88 Å². The molecule has 0 radical (unpaired) electrons. The van der Waals surface area contributed by atoms with Gasteiger partial charge in [0, 0.05) is 28.6 Å². The maximum absolute atomic E-state index is 9.15. The average Bonchev–Trinajstić information content (AvgIpc) is 3.17. The molecule has 0 aliphatic carbocycles. The summed E-state index contributed by atoms with van der Waals surface area (Å²) in [5.74, 6) is 1.14. The number of aromatic nitrogens is 1. The number of nitrogens with one attached hydrogen (secondary N) is 1. The molecular formula is C20H19N3O2. The number of rotatable bonds is 4. The molecule has 5 nitrogen and oxygen atoms in total. The average molecular weight is 333 g/mol. The summed E-state index contributed by atoms with van der Waals surface area (Å²) in [4.78, 5) is 4.69. The third-order valence-electron chi connectivity index (χ3n) is 4.71. The molecule has 0 atom stereocenters. The van der Waals surface area contributed by atoms with Gasteiger partial charge in [-0.3, -0.25) is 0 Å². The second-order valence-corrected chi connectivity index (χ2v) is 6.26. The molecule has 4 rings (SSSR count). The quantitative estimate of drug-likeness (QED) is 0.787. The summed E-state index contributed by atoms with van der Waals surface area (Å²) < 4.78 is 11.4. The van der Waals surface area contributed by atoms with Crippen molar-refractivity contribution in [3.05, 3.63) is 59.5 Å². The lowest BCUT2D eigenvalue weighted by Crippen LogP contribution is -2.27. The maximum Gasteiger partial charge on any atom is 0.213 e. The van der Waals surface area contributed by atoms with E-state index in [9.17, 15) is 0 Å². The van der Waals surface area contributed by atoms with Crippen LogP contribution in [0.4, 0.5) is 0 Å². The number of nitriles is 1. The number of ether oxygens (including phenoxy) is 1. The van der Waals surface area contributed by atoms with Crippen LogP contribution in [0.15, 0.2) is 47.1 Å². The van der Waals surface area contributed by atoms with Gasteiger partial charge in [-0.1, -0.05) is 12.1 Å². The van der Waals surface area contributed by atoms with Crippen molar-refractivity contribution in [1.29, 1.82) is 5.26 Å². The first kappa shape index (κ1) is 15.7. The van der Waals surface area contributed by atoms with E-state index in [0.717, 1.165) is 42.6 Å². The Kier molecular flexibility index (Phi) is 4.36. The van der Waals surface area contributed by atoms with Crippen LogP contribution in [0.3, 0.4) is 0 Å². The van der Waals surface area contributed by atoms with Gasteiger partial charge in [-0.05, 0) is 44.1 Å². The fourth-order valence-corrected chi connectivity index (χ4v) is 3.34. The molecule has 0 amide bonds. The highest BCUT2D eigenvalue weighted by atomic mass is 16.5. The van der Waals surface area contributed by atoms with E-state index in [2.05, 4.69) is 22.4 Å². The molecule has 0 unspecified atom stereocenters. The Balaban J connectivity index is 1.52. The van der Waals surface area contributed by atoms with E-state index in [4.69, 9.17) is 14.4 Å². The first-order valence-corrected chi connectivity index (χ1v) is 8.55. The standard InChI is InChI=1S/C20H19N3O2/c21-12-15-4-5-16(17-8-11-24-20(15)17)13-25-19-3-1-2-18(23-19)14-6-9-22-10-7-14/h1-5,8,11,14,22H,6-7,9-10,13H2. The number of hydrogen-bond donors (Lipinski definition) is 1. The van der Waals surface area contributed by atoms with Crippen LogP contribution < -0.4 is 10.1 Å². The largest absolute Gasteiger partial charge is 0.473 e. The molecule has 2 aromatic heterocycles. The lowest BCUT2D eigenvalue weighted by molar-refractivity contribution is 0.293. The van der Waals surface area contributed by atoms with Crippen LogP contribution in [0.1, 0.15) is 35.6 Å². The zero-order chi connectivity index (χ0) is 17.1. The van der Waals surface area contributed by atoms with E-state index < -0.39 is 0 Å².